The van der Waals surface area contributed by atoms with Crippen molar-refractivity contribution in [3.63, 3.8) is 0 Å². The van der Waals surface area contributed by atoms with Crippen LogP contribution in [0, 0.1) is 0 Å². The van der Waals surface area contributed by atoms with Crippen LogP contribution < -0.4 is 5.32 Å². The fourth-order valence-corrected chi connectivity index (χ4v) is 4.94. The summed E-state index contributed by atoms with van der Waals surface area (Å²) in [5.74, 6) is -0.538. The average Bonchev–Trinajstić information content (AvgIpc) is 3.26. The van der Waals surface area contributed by atoms with Gasteiger partial charge in [0.1, 0.15) is 6.61 Å². The van der Waals surface area contributed by atoms with Crippen molar-refractivity contribution in [2.45, 2.75) is 25.8 Å². The highest BCUT2D eigenvalue weighted by Gasteiger charge is 2.41. The third kappa shape index (κ3) is 5.98. The minimum Gasteiger partial charge on any atom is -0.460 e. The number of allylic oxidation sites excluding steroid dienone is 1. The molecule has 0 fully saturated rings. The van der Waals surface area contributed by atoms with Crippen LogP contribution in [0.5, 0.6) is 0 Å². The molecule has 0 aliphatic carbocycles. The van der Waals surface area contributed by atoms with Gasteiger partial charge in [-0.1, -0.05) is 48.2 Å². The number of nitrogens with one attached hydrogen (secondary N) is 1. The molecule has 1 aromatic heterocycles. The monoisotopic (exact) mass is 492 g/mol. The van der Waals surface area contributed by atoms with E-state index in [1.54, 1.807) is 13.3 Å². The van der Waals surface area contributed by atoms with Gasteiger partial charge in [0.15, 0.2) is 5.17 Å². The lowest BCUT2D eigenvalue weighted by Gasteiger charge is -2.36. The lowest BCUT2D eigenvalue weighted by atomic mass is 9.94. The number of hydrogen-bond acceptors (Lipinski definition) is 8. The van der Waals surface area contributed by atoms with E-state index in [-0.39, 0.29) is 18.9 Å². The van der Waals surface area contributed by atoms with Crippen LogP contribution in [0.25, 0.3) is 0 Å². The summed E-state index contributed by atoms with van der Waals surface area (Å²) in [4.78, 5) is 36.8. The fraction of sp³-hybridized carbons (Fsp3) is 0.308. The van der Waals surface area contributed by atoms with E-state index in [1.807, 2.05) is 65.8 Å². The average molecular weight is 493 g/mol. The smallest absolute Gasteiger partial charge is 0.338 e. The maximum atomic E-state index is 13.1. The maximum absolute atomic E-state index is 13.1. The number of carbonyl (C=O) groups excluding carboxylic acids is 2. The molecule has 1 amide bonds. The topological polar surface area (TPSA) is 93.1 Å². The van der Waals surface area contributed by atoms with Crippen LogP contribution in [0.3, 0.4) is 0 Å². The number of amides is 1. The Morgan fingerprint density at radius 2 is 1.91 bits per heavy atom. The number of amidine groups is 1. The molecule has 2 aromatic rings. The van der Waals surface area contributed by atoms with Gasteiger partial charge in [0, 0.05) is 37.7 Å². The zero-order valence-electron chi connectivity index (χ0n) is 19.8. The molecule has 35 heavy (non-hydrogen) atoms. The van der Waals surface area contributed by atoms with Crippen molar-refractivity contribution in [2.75, 3.05) is 26.9 Å². The summed E-state index contributed by atoms with van der Waals surface area (Å²) in [5.41, 5.74) is 3.69. The molecular formula is C26H28N4O4S. The third-order valence-corrected chi connectivity index (χ3v) is 6.52. The Morgan fingerprint density at radius 3 is 2.66 bits per heavy atom. The van der Waals surface area contributed by atoms with Gasteiger partial charge in [-0.25, -0.2) is 9.79 Å². The molecule has 4 rings (SSSR count). The van der Waals surface area contributed by atoms with E-state index in [9.17, 15) is 9.59 Å². The summed E-state index contributed by atoms with van der Waals surface area (Å²) in [6.07, 6.45) is 2.57. The van der Waals surface area contributed by atoms with E-state index >= 15 is 0 Å². The highest BCUT2D eigenvalue weighted by atomic mass is 32.2. The molecule has 0 bridgehead atoms. The summed E-state index contributed by atoms with van der Waals surface area (Å²) in [7, 11) is 1.56. The Hall–Kier alpha value is -3.43. The molecule has 2 aliphatic rings. The summed E-state index contributed by atoms with van der Waals surface area (Å²) < 4.78 is 10.5. The predicted octanol–water partition coefficient (Wildman–Crippen LogP) is 3.60. The Bertz CT molecular complexity index is 1150. The Morgan fingerprint density at radius 1 is 1.11 bits per heavy atom. The third-order valence-electron chi connectivity index (χ3n) is 5.63. The second-order valence-electron chi connectivity index (χ2n) is 8.03. The Kier molecular flexibility index (Phi) is 8.33. The standard InChI is InChI=1S/C26H28N4O4S/c1-18-23(25(32)34-15-14-33-2)24(19-8-4-3-5-9-19)30-21(17-35-26(30)29-18)16-22(31)28-13-11-20-10-6-7-12-27-20/h3-10,12,17,24H,11,13-16H2,1-2H3,(H,28,31). The van der Waals surface area contributed by atoms with Gasteiger partial charge in [0.25, 0.3) is 0 Å². The Labute approximate surface area is 209 Å². The van der Waals surface area contributed by atoms with Crippen LogP contribution >= 0.6 is 11.8 Å². The zero-order chi connectivity index (χ0) is 24.6. The second kappa shape index (κ2) is 11.8. The van der Waals surface area contributed by atoms with Gasteiger partial charge < -0.3 is 19.7 Å². The molecule has 9 heteroatoms. The van der Waals surface area contributed by atoms with Crippen LogP contribution in [0.1, 0.15) is 30.6 Å². The van der Waals surface area contributed by atoms with E-state index in [0.717, 1.165) is 22.1 Å². The van der Waals surface area contributed by atoms with Gasteiger partial charge in [-0.05, 0) is 30.0 Å². The van der Waals surface area contributed by atoms with Crippen LogP contribution in [0.15, 0.2) is 82.1 Å². The molecule has 0 radical (unpaired) electrons. The lowest BCUT2D eigenvalue weighted by Crippen LogP contribution is -2.38. The van der Waals surface area contributed by atoms with Crippen LogP contribution in [-0.4, -0.2) is 53.8 Å². The molecular weight excluding hydrogens is 464 g/mol. The first-order chi connectivity index (χ1) is 17.1. The number of benzene rings is 1. The van der Waals surface area contributed by atoms with E-state index < -0.39 is 12.0 Å². The summed E-state index contributed by atoms with van der Waals surface area (Å²) in [5, 5.41) is 5.64. The van der Waals surface area contributed by atoms with Crippen molar-refractivity contribution in [1.29, 1.82) is 0 Å². The van der Waals surface area contributed by atoms with Crippen molar-refractivity contribution in [1.82, 2.24) is 15.2 Å². The number of esters is 1. The predicted molar refractivity (Wildman–Crippen MR) is 135 cm³/mol. The number of nitrogens with zero attached hydrogens (tertiary/aromatic N) is 3. The summed E-state index contributed by atoms with van der Waals surface area (Å²) in [6, 6.07) is 15.0. The first-order valence-electron chi connectivity index (χ1n) is 11.4. The molecule has 0 saturated carbocycles. The van der Waals surface area contributed by atoms with Crippen molar-refractivity contribution < 1.29 is 19.1 Å². The van der Waals surface area contributed by atoms with Gasteiger partial charge in [-0.15, -0.1) is 0 Å². The van der Waals surface area contributed by atoms with Gasteiger partial charge in [-0.2, -0.15) is 0 Å². The molecule has 2 aliphatic heterocycles. The van der Waals surface area contributed by atoms with E-state index in [0.29, 0.717) is 30.8 Å². The number of rotatable bonds is 10. The molecule has 0 spiro atoms. The number of ether oxygens (including phenoxy) is 2. The van der Waals surface area contributed by atoms with Crippen LogP contribution in [0.4, 0.5) is 0 Å². The highest BCUT2D eigenvalue weighted by Crippen LogP contribution is 2.44. The minimum absolute atomic E-state index is 0.101. The molecule has 1 N–H and O–H groups in total. The minimum atomic E-state index is -0.443. The first kappa shape index (κ1) is 24.7. The SMILES string of the molecule is COCCOC(=O)C1=C(C)N=C2SC=C(CC(=O)NCCc3ccccn3)N2C1c1ccccc1. The normalized spacial score (nSPS) is 17.0. The molecule has 0 saturated heterocycles. The van der Waals surface area contributed by atoms with E-state index in [4.69, 9.17) is 9.47 Å². The van der Waals surface area contributed by atoms with Crippen molar-refractivity contribution in [3.05, 3.63) is 88.4 Å². The highest BCUT2D eigenvalue weighted by molar-refractivity contribution is 8.16. The quantitative estimate of drug-likeness (QED) is 0.400. The second-order valence-corrected chi connectivity index (χ2v) is 8.87. The molecule has 8 nitrogen and oxygen atoms in total. The maximum Gasteiger partial charge on any atom is 0.338 e. The lowest BCUT2D eigenvalue weighted by molar-refractivity contribution is -0.141. The molecule has 182 valence electrons. The summed E-state index contributed by atoms with van der Waals surface area (Å²) in [6.45, 7) is 2.78. The summed E-state index contributed by atoms with van der Waals surface area (Å²) >= 11 is 1.45. The number of carbonyl (C=O) groups is 2. The number of methoxy groups -OCH3 is 1. The number of fused-ring (bicyclic) bond motifs is 1. The van der Waals surface area contributed by atoms with Crippen molar-refractivity contribution in [2.24, 2.45) is 4.99 Å². The van der Waals surface area contributed by atoms with Gasteiger partial charge in [0.2, 0.25) is 5.91 Å². The number of thioether (sulfide) groups is 1. The number of pyridine rings is 1. The Balaban J connectivity index is 1.51. The molecule has 3 heterocycles. The van der Waals surface area contributed by atoms with Gasteiger partial charge in [-0.3, -0.25) is 9.78 Å². The van der Waals surface area contributed by atoms with Crippen LogP contribution in [0.2, 0.25) is 0 Å². The van der Waals surface area contributed by atoms with Gasteiger partial charge in [0.05, 0.1) is 30.3 Å². The largest absolute Gasteiger partial charge is 0.460 e. The van der Waals surface area contributed by atoms with Crippen LogP contribution in [-0.2, 0) is 25.5 Å². The van der Waals surface area contributed by atoms with Crippen molar-refractivity contribution >= 4 is 28.8 Å². The number of hydrogen-bond donors (Lipinski definition) is 1. The van der Waals surface area contributed by atoms with Crippen molar-refractivity contribution in [3.8, 4) is 0 Å². The van der Waals surface area contributed by atoms with E-state index in [2.05, 4.69) is 15.3 Å². The molecule has 1 atom stereocenters. The number of aliphatic imine (C=N–C) groups is 1. The molecule has 1 unspecified atom stereocenters. The number of aromatic nitrogens is 1. The molecule has 1 aromatic carbocycles. The zero-order valence-corrected chi connectivity index (χ0v) is 20.6. The van der Waals surface area contributed by atoms with E-state index in [1.165, 1.54) is 11.8 Å². The first-order valence-corrected chi connectivity index (χ1v) is 12.3. The van der Waals surface area contributed by atoms with Gasteiger partial charge >= 0.3 is 5.97 Å². The fourth-order valence-electron chi connectivity index (χ4n) is 3.98.